The van der Waals surface area contributed by atoms with Crippen LogP contribution in [-0.4, -0.2) is 11.9 Å². The molecule has 0 N–H and O–H groups in total. The molecule has 1 aliphatic rings. The maximum atomic E-state index is 13.3. The Bertz CT molecular complexity index is 879. The smallest absolute Gasteiger partial charge is 0.258 e. The first-order valence-corrected chi connectivity index (χ1v) is 9.22. The van der Waals surface area contributed by atoms with Crippen LogP contribution < -0.4 is 4.90 Å². The monoisotopic (exact) mass is 391 g/mol. The van der Waals surface area contributed by atoms with Crippen molar-refractivity contribution in [2.75, 3.05) is 4.90 Å². The van der Waals surface area contributed by atoms with Crippen molar-refractivity contribution in [1.29, 1.82) is 0 Å². The van der Waals surface area contributed by atoms with Crippen molar-refractivity contribution in [2.45, 2.75) is 18.4 Å². The molecule has 0 heterocycles. The standard InChI is InChI=1S/C22H18BrNO/c23-18-11-7-10-17(14-18)22(25)24(19-12-5-2-6-13-19)21-15-20(21)16-8-3-1-4-9-16/h1-14,20-21H,15H2/t20-,21+/m0/s1. The third-order valence-electron chi connectivity index (χ3n) is 4.64. The van der Waals surface area contributed by atoms with E-state index < -0.39 is 0 Å². The predicted octanol–water partition coefficient (Wildman–Crippen LogP) is 5.65. The summed E-state index contributed by atoms with van der Waals surface area (Å²) in [5.74, 6) is 0.452. The summed E-state index contributed by atoms with van der Waals surface area (Å²) in [7, 11) is 0. The predicted molar refractivity (Wildman–Crippen MR) is 105 cm³/mol. The molecule has 124 valence electrons. The van der Waals surface area contributed by atoms with E-state index in [1.165, 1.54) is 5.56 Å². The van der Waals surface area contributed by atoms with Gasteiger partial charge in [0, 0.05) is 27.7 Å². The molecule has 0 aliphatic heterocycles. The molecule has 1 saturated carbocycles. The number of para-hydroxylation sites is 1. The largest absolute Gasteiger partial charge is 0.305 e. The summed E-state index contributed by atoms with van der Waals surface area (Å²) in [5, 5.41) is 0. The Balaban J connectivity index is 1.68. The average molecular weight is 392 g/mol. The van der Waals surface area contributed by atoms with Gasteiger partial charge in [-0.2, -0.15) is 0 Å². The van der Waals surface area contributed by atoms with Gasteiger partial charge < -0.3 is 4.90 Å². The number of nitrogens with zero attached hydrogens (tertiary/aromatic N) is 1. The van der Waals surface area contributed by atoms with Crippen molar-refractivity contribution in [3.63, 3.8) is 0 Å². The molecule has 25 heavy (non-hydrogen) atoms. The maximum Gasteiger partial charge on any atom is 0.258 e. The fourth-order valence-corrected chi connectivity index (χ4v) is 3.73. The molecule has 0 bridgehead atoms. The number of rotatable bonds is 4. The molecular formula is C22H18BrNO. The normalized spacial score (nSPS) is 18.6. The Labute approximate surface area is 156 Å². The highest BCUT2D eigenvalue weighted by atomic mass is 79.9. The summed E-state index contributed by atoms with van der Waals surface area (Å²) in [6.07, 6.45) is 0.999. The first-order chi connectivity index (χ1) is 12.2. The Morgan fingerprint density at radius 1 is 0.880 bits per heavy atom. The van der Waals surface area contributed by atoms with Crippen molar-refractivity contribution in [3.05, 3.63) is 101 Å². The minimum Gasteiger partial charge on any atom is -0.305 e. The molecule has 0 aromatic heterocycles. The minimum absolute atomic E-state index is 0.0518. The molecule has 4 rings (SSSR count). The van der Waals surface area contributed by atoms with Crippen molar-refractivity contribution in [1.82, 2.24) is 0 Å². The van der Waals surface area contributed by atoms with Gasteiger partial charge in [0.15, 0.2) is 0 Å². The molecule has 1 fully saturated rings. The first kappa shape index (κ1) is 16.1. The molecule has 3 aromatic carbocycles. The topological polar surface area (TPSA) is 20.3 Å². The van der Waals surface area contributed by atoms with Gasteiger partial charge in [-0.1, -0.05) is 70.5 Å². The maximum absolute atomic E-state index is 13.3. The van der Waals surface area contributed by atoms with Gasteiger partial charge in [0.05, 0.1) is 0 Å². The van der Waals surface area contributed by atoms with Crippen LogP contribution in [0.1, 0.15) is 28.3 Å². The minimum atomic E-state index is 0.0518. The van der Waals surface area contributed by atoms with Crippen LogP contribution >= 0.6 is 15.9 Å². The number of amides is 1. The quantitative estimate of drug-likeness (QED) is 0.562. The number of halogens is 1. The van der Waals surface area contributed by atoms with E-state index in [9.17, 15) is 4.79 Å². The van der Waals surface area contributed by atoms with Gasteiger partial charge >= 0.3 is 0 Å². The molecule has 0 spiro atoms. The number of benzene rings is 3. The van der Waals surface area contributed by atoms with Gasteiger partial charge in [-0.3, -0.25) is 4.79 Å². The highest BCUT2D eigenvalue weighted by molar-refractivity contribution is 9.10. The van der Waals surface area contributed by atoms with E-state index in [1.807, 2.05) is 65.6 Å². The average Bonchev–Trinajstić information content (AvgIpc) is 3.44. The number of carbonyl (C=O) groups excluding carboxylic acids is 1. The van der Waals surface area contributed by atoms with Gasteiger partial charge in [-0.15, -0.1) is 0 Å². The number of hydrogen-bond donors (Lipinski definition) is 0. The summed E-state index contributed by atoms with van der Waals surface area (Å²) < 4.78 is 0.918. The lowest BCUT2D eigenvalue weighted by atomic mass is 10.1. The summed E-state index contributed by atoms with van der Waals surface area (Å²) in [6.45, 7) is 0. The number of anilines is 1. The zero-order valence-electron chi connectivity index (χ0n) is 13.7. The molecular weight excluding hydrogens is 374 g/mol. The summed E-state index contributed by atoms with van der Waals surface area (Å²) in [4.78, 5) is 15.2. The highest BCUT2D eigenvalue weighted by Gasteiger charge is 2.45. The van der Waals surface area contributed by atoms with Gasteiger partial charge in [0.2, 0.25) is 0 Å². The molecule has 1 aliphatic carbocycles. The van der Waals surface area contributed by atoms with E-state index in [2.05, 4.69) is 40.2 Å². The summed E-state index contributed by atoms with van der Waals surface area (Å²) >= 11 is 3.47. The van der Waals surface area contributed by atoms with E-state index in [0.717, 1.165) is 16.6 Å². The first-order valence-electron chi connectivity index (χ1n) is 8.43. The van der Waals surface area contributed by atoms with Crippen LogP contribution in [-0.2, 0) is 0 Å². The lowest BCUT2D eigenvalue weighted by molar-refractivity contribution is 0.0984. The van der Waals surface area contributed by atoms with E-state index in [0.29, 0.717) is 11.5 Å². The summed E-state index contributed by atoms with van der Waals surface area (Å²) in [5.41, 5.74) is 2.96. The molecule has 3 aromatic rings. The SMILES string of the molecule is O=C(c1cccc(Br)c1)N(c1ccccc1)[C@@H]1C[C@H]1c1ccccc1. The van der Waals surface area contributed by atoms with Gasteiger partial charge in [-0.25, -0.2) is 0 Å². The lowest BCUT2D eigenvalue weighted by Gasteiger charge is -2.24. The molecule has 0 saturated heterocycles. The Hall–Kier alpha value is -2.39. The van der Waals surface area contributed by atoms with Gasteiger partial charge in [0.1, 0.15) is 0 Å². The molecule has 0 radical (unpaired) electrons. The second-order valence-electron chi connectivity index (χ2n) is 6.34. The Morgan fingerprint density at radius 3 is 2.24 bits per heavy atom. The van der Waals surface area contributed by atoms with Gasteiger partial charge in [0.25, 0.3) is 5.91 Å². The fourth-order valence-electron chi connectivity index (χ4n) is 3.33. The number of carbonyl (C=O) groups is 1. The summed E-state index contributed by atoms with van der Waals surface area (Å²) in [6, 6.07) is 28.2. The van der Waals surface area contributed by atoms with E-state index in [-0.39, 0.29) is 11.9 Å². The lowest BCUT2D eigenvalue weighted by Crippen LogP contribution is -2.34. The van der Waals surface area contributed by atoms with Crippen molar-refractivity contribution < 1.29 is 4.79 Å². The van der Waals surface area contributed by atoms with Crippen LogP contribution in [0.5, 0.6) is 0 Å². The fraction of sp³-hybridized carbons (Fsp3) is 0.136. The van der Waals surface area contributed by atoms with Crippen LogP contribution in [0.15, 0.2) is 89.4 Å². The van der Waals surface area contributed by atoms with Crippen LogP contribution in [0.2, 0.25) is 0 Å². The third kappa shape index (κ3) is 3.38. The Morgan fingerprint density at radius 2 is 1.56 bits per heavy atom. The van der Waals surface area contributed by atoms with Crippen LogP contribution in [0.4, 0.5) is 5.69 Å². The van der Waals surface area contributed by atoms with E-state index >= 15 is 0 Å². The van der Waals surface area contributed by atoms with Crippen LogP contribution in [0, 0.1) is 0 Å². The second-order valence-corrected chi connectivity index (χ2v) is 7.26. The molecule has 1 amide bonds. The van der Waals surface area contributed by atoms with Crippen molar-refractivity contribution >= 4 is 27.5 Å². The highest BCUT2D eigenvalue weighted by Crippen LogP contribution is 2.46. The van der Waals surface area contributed by atoms with E-state index in [4.69, 9.17) is 0 Å². The van der Waals surface area contributed by atoms with Crippen molar-refractivity contribution in [2.24, 2.45) is 0 Å². The van der Waals surface area contributed by atoms with E-state index in [1.54, 1.807) is 0 Å². The second kappa shape index (κ2) is 6.85. The Kier molecular flexibility index (Phi) is 4.41. The van der Waals surface area contributed by atoms with Crippen LogP contribution in [0.3, 0.4) is 0 Å². The zero-order valence-corrected chi connectivity index (χ0v) is 15.3. The van der Waals surface area contributed by atoms with Crippen molar-refractivity contribution in [3.8, 4) is 0 Å². The van der Waals surface area contributed by atoms with Crippen LogP contribution in [0.25, 0.3) is 0 Å². The molecule has 3 heteroatoms. The van der Waals surface area contributed by atoms with Gasteiger partial charge in [-0.05, 0) is 42.3 Å². The zero-order chi connectivity index (χ0) is 17.2. The molecule has 2 nitrogen and oxygen atoms in total. The number of hydrogen-bond acceptors (Lipinski definition) is 1. The molecule has 0 unspecified atom stereocenters. The third-order valence-corrected chi connectivity index (χ3v) is 5.13. The molecule has 2 atom stereocenters.